The average Bonchev–Trinajstić information content (AvgIpc) is 2.55. The number of rotatable bonds is 5. The zero-order valence-corrected chi connectivity index (χ0v) is 14.5. The Morgan fingerprint density at radius 3 is 2.57 bits per heavy atom. The van der Waals surface area contributed by atoms with Crippen molar-refractivity contribution in [2.75, 3.05) is 27.3 Å². The Hall–Kier alpha value is -1.37. The number of piperidine rings is 1. The molecule has 2 N–H and O–H groups in total. The van der Waals surface area contributed by atoms with E-state index in [0.717, 1.165) is 13.1 Å². The fraction of sp³-hybridized carbons (Fsp3) is 0.562. The van der Waals surface area contributed by atoms with Gasteiger partial charge in [0.05, 0.1) is 13.2 Å². The molecule has 23 heavy (non-hydrogen) atoms. The smallest absolute Gasteiger partial charge is 0.252 e. The molecule has 1 aromatic carbocycles. The molecule has 1 atom stereocenters. The minimum Gasteiger partial charge on any atom is -0.496 e. The van der Waals surface area contributed by atoms with E-state index in [1.807, 2.05) is 0 Å². The van der Waals surface area contributed by atoms with Gasteiger partial charge in [0.1, 0.15) is 17.2 Å². The maximum absolute atomic E-state index is 13.5. The van der Waals surface area contributed by atoms with Gasteiger partial charge in [-0.15, -0.1) is 12.4 Å². The molecule has 1 unspecified atom stereocenters. The topological polar surface area (TPSA) is 59.6 Å². The minimum atomic E-state index is -0.819. The molecular weight excluding hydrogens is 323 g/mol. The van der Waals surface area contributed by atoms with Gasteiger partial charge in [-0.3, -0.25) is 4.79 Å². The summed E-state index contributed by atoms with van der Waals surface area (Å²) in [6.07, 6.45) is 1.23. The first-order valence-electron chi connectivity index (χ1n) is 7.42. The van der Waals surface area contributed by atoms with Gasteiger partial charge in [0, 0.05) is 12.7 Å². The van der Waals surface area contributed by atoms with Crippen molar-refractivity contribution in [2.45, 2.75) is 31.4 Å². The molecule has 1 saturated heterocycles. The number of carbonyl (C=O) groups is 1. The summed E-state index contributed by atoms with van der Waals surface area (Å²) in [5.74, 6) is 0.0153. The van der Waals surface area contributed by atoms with E-state index in [4.69, 9.17) is 9.47 Å². The van der Waals surface area contributed by atoms with E-state index >= 15 is 0 Å². The van der Waals surface area contributed by atoms with E-state index in [1.165, 1.54) is 19.2 Å². The largest absolute Gasteiger partial charge is 0.496 e. The third-order valence-corrected chi connectivity index (χ3v) is 4.22. The molecule has 0 spiro atoms. The molecule has 7 heteroatoms. The maximum Gasteiger partial charge on any atom is 0.252 e. The summed E-state index contributed by atoms with van der Waals surface area (Å²) in [5, 5.41) is 6.13. The van der Waals surface area contributed by atoms with Crippen molar-refractivity contribution in [3.05, 3.63) is 29.6 Å². The molecule has 1 heterocycles. The van der Waals surface area contributed by atoms with Crippen LogP contribution < -0.4 is 15.4 Å². The van der Waals surface area contributed by atoms with Gasteiger partial charge in [0.15, 0.2) is 0 Å². The summed E-state index contributed by atoms with van der Waals surface area (Å²) in [7, 11) is 3.08. The number of methoxy groups -OCH3 is 2. The lowest BCUT2D eigenvalue weighted by molar-refractivity contribution is -0.147. The number of carbonyl (C=O) groups excluding carboxylic acids is 1. The van der Waals surface area contributed by atoms with Gasteiger partial charge in [0.2, 0.25) is 0 Å². The van der Waals surface area contributed by atoms with Crippen LogP contribution in [0.3, 0.4) is 0 Å². The molecule has 1 aromatic rings. The maximum atomic E-state index is 13.5. The highest BCUT2D eigenvalue weighted by atomic mass is 35.5. The van der Waals surface area contributed by atoms with Crippen molar-refractivity contribution in [3.8, 4) is 5.75 Å². The summed E-state index contributed by atoms with van der Waals surface area (Å²) >= 11 is 0. The first-order valence-corrected chi connectivity index (χ1v) is 7.42. The van der Waals surface area contributed by atoms with Gasteiger partial charge in [-0.1, -0.05) is 0 Å². The van der Waals surface area contributed by atoms with Gasteiger partial charge in [-0.25, -0.2) is 4.39 Å². The quantitative estimate of drug-likeness (QED) is 0.858. The van der Waals surface area contributed by atoms with Crippen LogP contribution in [0.4, 0.5) is 4.39 Å². The third kappa shape index (κ3) is 4.34. The van der Waals surface area contributed by atoms with Crippen LogP contribution in [0.25, 0.3) is 0 Å². The third-order valence-electron chi connectivity index (χ3n) is 4.22. The highest BCUT2D eigenvalue weighted by Gasteiger charge is 2.40. The second-order valence-electron chi connectivity index (χ2n) is 5.53. The van der Waals surface area contributed by atoms with Crippen LogP contribution in [0.15, 0.2) is 18.2 Å². The summed E-state index contributed by atoms with van der Waals surface area (Å²) < 4.78 is 24.2. The van der Waals surface area contributed by atoms with Crippen LogP contribution in [0, 0.1) is 5.82 Å². The van der Waals surface area contributed by atoms with Crippen LogP contribution >= 0.6 is 12.4 Å². The molecule has 0 aliphatic carbocycles. The molecule has 1 aliphatic rings. The Morgan fingerprint density at radius 2 is 2.00 bits per heavy atom. The molecule has 0 radical (unpaired) electrons. The standard InChI is InChI=1S/C16H23FN2O3.ClH/c1-11(13-10-12(17)4-5-14(13)21-2)19-15(20)16(22-3)6-8-18-9-7-16;/h4-5,10-11,18H,6-9H2,1-3H3,(H,19,20);1H. The van der Waals surface area contributed by atoms with Crippen molar-refractivity contribution in [3.63, 3.8) is 0 Å². The van der Waals surface area contributed by atoms with Gasteiger partial charge in [-0.05, 0) is 51.1 Å². The van der Waals surface area contributed by atoms with Gasteiger partial charge in [-0.2, -0.15) is 0 Å². The number of hydrogen-bond donors (Lipinski definition) is 2. The molecule has 5 nitrogen and oxygen atoms in total. The molecule has 130 valence electrons. The fourth-order valence-corrected chi connectivity index (χ4v) is 2.80. The van der Waals surface area contributed by atoms with Gasteiger partial charge >= 0.3 is 0 Å². The number of ether oxygens (including phenoxy) is 2. The number of halogens is 2. The Labute approximate surface area is 142 Å². The first-order chi connectivity index (χ1) is 10.5. The predicted octanol–water partition coefficient (Wildman–Crippen LogP) is 2.20. The number of benzene rings is 1. The molecule has 1 amide bonds. The number of nitrogens with one attached hydrogen (secondary N) is 2. The van der Waals surface area contributed by atoms with E-state index in [2.05, 4.69) is 10.6 Å². The van der Waals surface area contributed by atoms with Crippen LogP contribution in [0.2, 0.25) is 0 Å². The molecular formula is C16H24ClFN2O3. The van der Waals surface area contributed by atoms with E-state index in [-0.39, 0.29) is 30.2 Å². The Kier molecular flexibility index (Phi) is 7.25. The van der Waals surface area contributed by atoms with Crippen LogP contribution in [0.1, 0.15) is 31.4 Å². The monoisotopic (exact) mass is 346 g/mol. The van der Waals surface area contributed by atoms with E-state index in [0.29, 0.717) is 24.2 Å². The van der Waals surface area contributed by atoms with Crippen molar-refractivity contribution >= 4 is 18.3 Å². The van der Waals surface area contributed by atoms with Crippen molar-refractivity contribution in [1.82, 2.24) is 10.6 Å². The van der Waals surface area contributed by atoms with Crippen molar-refractivity contribution in [1.29, 1.82) is 0 Å². The zero-order chi connectivity index (χ0) is 16.2. The lowest BCUT2D eigenvalue weighted by Crippen LogP contribution is -2.54. The van der Waals surface area contributed by atoms with Crippen LogP contribution in [-0.4, -0.2) is 38.8 Å². The summed E-state index contributed by atoms with van der Waals surface area (Å²) in [6.45, 7) is 3.28. The normalized spacial score (nSPS) is 17.7. The molecule has 2 rings (SSSR count). The minimum absolute atomic E-state index is 0. The van der Waals surface area contributed by atoms with Gasteiger partial charge in [0.25, 0.3) is 5.91 Å². The van der Waals surface area contributed by atoms with Crippen LogP contribution in [0.5, 0.6) is 5.75 Å². The van der Waals surface area contributed by atoms with E-state index in [1.54, 1.807) is 20.1 Å². The Morgan fingerprint density at radius 1 is 1.35 bits per heavy atom. The summed E-state index contributed by atoms with van der Waals surface area (Å²) in [5.41, 5.74) is -0.212. The van der Waals surface area contributed by atoms with E-state index < -0.39 is 5.60 Å². The summed E-state index contributed by atoms with van der Waals surface area (Å²) in [4.78, 5) is 12.6. The molecule has 1 aliphatic heterocycles. The van der Waals surface area contributed by atoms with Crippen molar-refractivity contribution < 1.29 is 18.7 Å². The SMILES string of the molecule is COc1ccc(F)cc1C(C)NC(=O)C1(OC)CCNCC1.Cl. The zero-order valence-electron chi connectivity index (χ0n) is 13.6. The van der Waals surface area contributed by atoms with E-state index in [9.17, 15) is 9.18 Å². The number of hydrogen-bond acceptors (Lipinski definition) is 4. The number of amides is 1. The highest BCUT2D eigenvalue weighted by molar-refractivity contribution is 5.86. The predicted molar refractivity (Wildman–Crippen MR) is 88.6 cm³/mol. The molecule has 0 aromatic heterocycles. The second-order valence-corrected chi connectivity index (χ2v) is 5.53. The molecule has 1 fully saturated rings. The highest BCUT2D eigenvalue weighted by Crippen LogP contribution is 2.28. The Balaban J connectivity index is 0.00000264. The first kappa shape index (κ1) is 19.7. The Bertz CT molecular complexity index is 536. The lowest BCUT2D eigenvalue weighted by Gasteiger charge is -2.35. The average molecular weight is 347 g/mol. The summed E-state index contributed by atoms with van der Waals surface area (Å²) in [6, 6.07) is 3.90. The lowest BCUT2D eigenvalue weighted by atomic mass is 9.90. The van der Waals surface area contributed by atoms with Gasteiger partial charge < -0.3 is 20.1 Å². The van der Waals surface area contributed by atoms with Crippen LogP contribution in [-0.2, 0) is 9.53 Å². The van der Waals surface area contributed by atoms with Crippen molar-refractivity contribution in [2.24, 2.45) is 0 Å². The second kappa shape index (κ2) is 8.47. The fourth-order valence-electron chi connectivity index (χ4n) is 2.80. The molecule has 0 bridgehead atoms. The molecule has 0 saturated carbocycles.